The Kier molecular flexibility index (Phi) is 4.50. The van der Waals surface area contributed by atoms with Crippen LogP contribution >= 0.6 is 0 Å². The summed E-state index contributed by atoms with van der Waals surface area (Å²) in [6.45, 7) is 3.45. The van der Waals surface area contributed by atoms with Crippen LogP contribution in [0.4, 0.5) is 0 Å². The Labute approximate surface area is 84.3 Å². The van der Waals surface area contributed by atoms with Gasteiger partial charge in [0.05, 0.1) is 12.8 Å². The van der Waals surface area contributed by atoms with Crippen molar-refractivity contribution in [2.24, 2.45) is 5.73 Å². The first-order chi connectivity index (χ1) is 6.16. The largest absolute Gasteiger partial charge is 0.353 e. The van der Waals surface area contributed by atoms with Gasteiger partial charge in [0.1, 0.15) is 0 Å². The second-order valence-corrected chi connectivity index (χ2v) is 5.49. The number of nitrogens with two attached hydrogens (primary N) is 1. The van der Waals surface area contributed by atoms with Crippen LogP contribution in [0.2, 0.25) is 0 Å². The van der Waals surface area contributed by atoms with Crippen molar-refractivity contribution in [1.82, 2.24) is 10.0 Å². The lowest BCUT2D eigenvalue weighted by Gasteiger charge is -2.25. The van der Waals surface area contributed by atoms with E-state index in [2.05, 4.69) is 10.0 Å². The highest BCUT2D eigenvalue weighted by molar-refractivity contribution is 7.88. The van der Waals surface area contributed by atoms with Crippen molar-refractivity contribution in [2.75, 3.05) is 19.3 Å². The van der Waals surface area contributed by atoms with Crippen LogP contribution in [-0.4, -0.2) is 39.2 Å². The summed E-state index contributed by atoms with van der Waals surface area (Å²) in [7, 11) is -3.27. The number of nitrogens with one attached hydrogen (secondary N) is 2. The Bertz CT molecular complexity index is 297. The lowest BCUT2D eigenvalue weighted by atomic mass is 10.1. The molecule has 0 rings (SSSR count). The predicted molar refractivity (Wildman–Crippen MR) is 54.1 cm³/mol. The number of hydrogen-bond acceptors (Lipinski definition) is 4. The van der Waals surface area contributed by atoms with Gasteiger partial charge in [-0.1, -0.05) is 0 Å². The molecule has 0 heterocycles. The number of carbonyl (C=O) groups excluding carboxylic acids is 1. The van der Waals surface area contributed by atoms with Crippen LogP contribution in [0.3, 0.4) is 0 Å². The summed E-state index contributed by atoms with van der Waals surface area (Å²) in [4.78, 5) is 10.8. The zero-order valence-electron chi connectivity index (χ0n) is 8.62. The van der Waals surface area contributed by atoms with Crippen molar-refractivity contribution in [1.29, 1.82) is 0 Å². The molecule has 1 amide bonds. The van der Waals surface area contributed by atoms with E-state index < -0.39 is 15.6 Å². The van der Waals surface area contributed by atoms with Gasteiger partial charge in [0, 0.05) is 12.1 Å². The summed E-state index contributed by atoms with van der Waals surface area (Å²) in [5.41, 5.74) is 4.37. The number of carbonyl (C=O) groups is 1. The van der Waals surface area contributed by atoms with Crippen molar-refractivity contribution in [3.05, 3.63) is 0 Å². The van der Waals surface area contributed by atoms with Gasteiger partial charge in [-0.2, -0.15) is 0 Å². The van der Waals surface area contributed by atoms with Gasteiger partial charge in [-0.25, -0.2) is 13.1 Å². The van der Waals surface area contributed by atoms with Crippen molar-refractivity contribution in [3.8, 4) is 0 Å². The van der Waals surface area contributed by atoms with E-state index in [0.29, 0.717) is 0 Å². The highest BCUT2D eigenvalue weighted by Gasteiger charge is 2.22. The fourth-order valence-corrected chi connectivity index (χ4v) is 2.01. The molecule has 0 aliphatic rings. The van der Waals surface area contributed by atoms with E-state index >= 15 is 0 Å². The molecule has 0 unspecified atom stereocenters. The summed E-state index contributed by atoms with van der Waals surface area (Å²) in [6, 6.07) is 0. The molecule has 0 aliphatic carbocycles. The van der Waals surface area contributed by atoms with Gasteiger partial charge >= 0.3 is 0 Å². The number of amides is 1. The molecule has 0 aromatic rings. The van der Waals surface area contributed by atoms with E-state index in [0.717, 1.165) is 6.26 Å². The first-order valence-corrected chi connectivity index (χ1v) is 6.01. The van der Waals surface area contributed by atoms with Crippen molar-refractivity contribution in [2.45, 2.75) is 19.4 Å². The van der Waals surface area contributed by atoms with Crippen LogP contribution in [0.15, 0.2) is 0 Å². The molecule has 0 saturated heterocycles. The monoisotopic (exact) mass is 223 g/mol. The third kappa shape index (κ3) is 6.81. The molecule has 0 saturated carbocycles. The Morgan fingerprint density at radius 2 is 1.93 bits per heavy atom. The van der Waals surface area contributed by atoms with Crippen LogP contribution in [0.1, 0.15) is 13.8 Å². The van der Waals surface area contributed by atoms with E-state index in [-0.39, 0.29) is 19.0 Å². The maximum Gasteiger partial charge on any atom is 0.233 e. The van der Waals surface area contributed by atoms with Crippen molar-refractivity contribution < 1.29 is 13.2 Å². The zero-order valence-corrected chi connectivity index (χ0v) is 9.44. The first kappa shape index (κ1) is 13.3. The fourth-order valence-electron chi connectivity index (χ4n) is 0.930. The third-order valence-electron chi connectivity index (χ3n) is 1.37. The Morgan fingerprint density at radius 1 is 1.43 bits per heavy atom. The molecule has 0 radical (unpaired) electrons. The second-order valence-electron chi connectivity index (χ2n) is 3.74. The highest BCUT2D eigenvalue weighted by Crippen LogP contribution is 2.01. The van der Waals surface area contributed by atoms with Gasteiger partial charge in [-0.05, 0) is 13.8 Å². The summed E-state index contributed by atoms with van der Waals surface area (Å²) in [5, 5.41) is 2.50. The van der Waals surface area contributed by atoms with Crippen LogP contribution in [0, 0.1) is 0 Å². The standard InChI is InChI=1S/C7H17N3O3S/c1-7(2,10-14(3,12)13)5-9-6(11)4-8/h10H,4-5,8H2,1-3H3,(H,9,11). The molecule has 0 atom stereocenters. The molecule has 4 N–H and O–H groups in total. The average Bonchev–Trinajstić information content (AvgIpc) is 1.96. The van der Waals surface area contributed by atoms with E-state index in [1.54, 1.807) is 13.8 Å². The number of sulfonamides is 1. The molecule has 0 bridgehead atoms. The van der Waals surface area contributed by atoms with Gasteiger partial charge < -0.3 is 11.1 Å². The van der Waals surface area contributed by atoms with E-state index in [9.17, 15) is 13.2 Å². The Hall–Kier alpha value is -0.660. The molecule has 7 heteroatoms. The number of rotatable bonds is 5. The molecule has 0 aromatic heterocycles. The molecule has 6 nitrogen and oxygen atoms in total. The smallest absolute Gasteiger partial charge is 0.233 e. The average molecular weight is 223 g/mol. The molecular formula is C7H17N3O3S. The van der Waals surface area contributed by atoms with Crippen LogP contribution in [-0.2, 0) is 14.8 Å². The molecule has 0 aliphatic heterocycles. The van der Waals surface area contributed by atoms with Crippen LogP contribution < -0.4 is 15.8 Å². The van der Waals surface area contributed by atoms with Crippen molar-refractivity contribution in [3.63, 3.8) is 0 Å². The third-order valence-corrected chi connectivity index (χ3v) is 2.30. The van der Waals surface area contributed by atoms with Gasteiger partial charge in [0.2, 0.25) is 15.9 Å². The molecule has 84 valence electrons. The molecule has 0 spiro atoms. The minimum absolute atomic E-state index is 0.102. The molecule has 0 fully saturated rings. The minimum Gasteiger partial charge on any atom is -0.353 e. The summed E-state index contributed by atoms with van der Waals surface area (Å²) < 4.78 is 24.2. The quantitative estimate of drug-likeness (QED) is 0.522. The van der Waals surface area contributed by atoms with Gasteiger partial charge in [0.25, 0.3) is 0 Å². The lowest BCUT2D eigenvalue weighted by Crippen LogP contribution is -2.51. The molecular weight excluding hydrogens is 206 g/mol. The van der Waals surface area contributed by atoms with E-state index in [4.69, 9.17) is 5.73 Å². The molecule has 14 heavy (non-hydrogen) atoms. The maximum absolute atomic E-state index is 10.9. The zero-order chi connectivity index (χ0) is 11.4. The van der Waals surface area contributed by atoms with E-state index in [1.165, 1.54) is 0 Å². The highest BCUT2D eigenvalue weighted by atomic mass is 32.2. The fraction of sp³-hybridized carbons (Fsp3) is 0.857. The van der Waals surface area contributed by atoms with Gasteiger partial charge in [-0.3, -0.25) is 4.79 Å². The van der Waals surface area contributed by atoms with E-state index in [1.807, 2.05) is 0 Å². The Balaban J connectivity index is 4.15. The maximum atomic E-state index is 10.9. The lowest BCUT2D eigenvalue weighted by molar-refractivity contribution is -0.119. The summed E-state index contributed by atoms with van der Waals surface area (Å²) >= 11 is 0. The SMILES string of the molecule is CC(C)(CNC(=O)CN)NS(C)(=O)=O. The minimum atomic E-state index is -3.27. The topological polar surface area (TPSA) is 101 Å². The van der Waals surface area contributed by atoms with Crippen LogP contribution in [0.5, 0.6) is 0 Å². The van der Waals surface area contributed by atoms with Crippen LogP contribution in [0.25, 0.3) is 0 Å². The summed E-state index contributed by atoms with van der Waals surface area (Å²) in [6.07, 6.45) is 1.07. The second kappa shape index (κ2) is 4.72. The first-order valence-electron chi connectivity index (χ1n) is 4.12. The Morgan fingerprint density at radius 3 is 2.29 bits per heavy atom. The predicted octanol–water partition coefficient (Wildman–Crippen LogP) is -1.61. The van der Waals surface area contributed by atoms with Gasteiger partial charge in [-0.15, -0.1) is 0 Å². The summed E-state index contributed by atoms with van der Waals surface area (Å²) in [5.74, 6) is -0.312. The number of hydrogen-bond donors (Lipinski definition) is 3. The van der Waals surface area contributed by atoms with Crippen molar-refractivity contribution >= 4 is 15.9 Å². The normalized spacial score (nSPS) is 12.6. The molecule has 0 aromatic carbocycles. The van der Waals surface area contributed by atoms with Gasteiger partial charge in [0.15, 0.2) is 0 Å².